The van der Waals surface area contributed by atoms with E-state index in [-0.39, 0.29) is 17.9 Å². The van der Waals surface area contributed by atoms with Crippen molar-refractivity contribution in [3.63, 3.8) is 0 Å². The molecule has 0 heterocycles. The van der Waals surface area contributed by atoms with E-state index >= 15 is 0 Å². The van der Waals surface area contributed by atoms with E-state index in [0.717, 1.165) is 0 Å². The molecule has 0 aliphatic rings. The van der Waals surface area contributed by atoms with E-state index in [0.29, 0.717) is 0 Å². The first-order chi connectivity index (χ1) is 5.13. The molecule has 1 unspecified atom stereocenters. The average Bonchev–Trinajstić information content (AvgIpc) is 1.78. The van der Waals surface area contributed by atoms with Gasteiger partial charge in [-0.05, 0) is 11.3 Å². The van der Waals surface area contributed by atoms with Crippen molar-refractivity contribution in [1.82, 2.24) is 0 Å². The van der Waals surface area contributed by atoms with E-state index in [1.807, 2.05) is 27.7 Å². The van der Waals surface area contributed by atoms with Gasteiger partial charge in [0.15, 0.2) is 0 Å². The van der Waals surface area contributed by atoms with Gasteiger partial charge in [-0.3, -0.25) is 9.42 Å². The Morgan fingerprint density at radius 3 is 2.25 bits per heavy atom. The van der Waals surface area contributed by atoms with Gasteiger partial charge < -0.3 is 0 Å². The molecule has 5 heteroatoms. The standard InChI is InChI=1S/C7H16FO3P/c1-6(7(2,3)4)5-11-12(8,9)10/h6H,5H2,1-4H3,(H,9,10)/t6-/m1/s1. The van der Waals surface area contributed by atoms with Gasteiger partial charge in [-0.25, -0.2) is 4.57 Å². The molecule has 0 radical (unpaired) electrons. The lowest BCUT2D eigenvalue weighted by Gasteiger charge is -2.26. The molecule has 2 atom stereocenters. The fourth-order valence-corrected chi connectivity index (χ4v) is 0.861. The molecule has 1 N–H and O–H groups in total. The third kappa shape index (κ3) is 5.70. The number of halogens is 1. The topological polar surface area (TPSA) is 46.5 Å². The third-order valence-corrected chi connectivity index (χ3v) is 2.43. The van der Waals surface area contributed by atoms with Gasteiger partial charge in [0, 0.05) is 0 Å². The second-order valence-corrected chi connectivity index (χ2v) is 5.18. The summed E-state index contributed by atoms with van der Waals surface area (Å²) >= 11 is 0. The minimum atomic E-state index is -4.79. The molecule has 0 saturated heterocycles. The van der Waals surface area contributed by atoms with Gasteiger partial charge in [-0.2, -0.15) is 0 Å². The lowest BCUT2D eigenvalue weighted by atomic mass is 9.83. The first kappa shape index (κ1) is 12.1. The van der Waals surface area contributed by atoms with Crippen molar-refractivity contribution < 1.29 is 18.2 Å². The van der Waals surface area contributed by atoms with Crippen LogP contribution < -0.4 is 0 Å². The summed E-state index contributed by atoms with van der Waals surface area (Å²) in [6.45, 7) is 7.69. The predicted molar refractivity (Wildman–Crippen MR) is 45.5 cm³/mol. The zero-order valence-electron chi connectivity index (χ0n) is 7.87. The number of hydrogen-bond donors (Lipinski definition) is 1. The maximum Gasteiger partial charge on any atom is 0.510 e. The van der Waals surface area contributed by atoms with Crippen molar-refractivity contribution in [2.45, 2.75) is 27.7 Å². The SMILES string of the molecule is C[C@H](COP(=O)(O)F)C(C)(C)C. The molecular formula is C7H16FO3P. The average molecular weight is 198 g/mol. The van der Waals surface area contributed by atoms with Crippen LogP contribution in [0, 0.1) is 11.3 Å². The summed E-state index contributed by atoms with van der Waals surface area (Å²) in [5.74, 6) is 0.0359. The normalized spacial score (nSPS) is 20.2. The van der Waals surface area contributed by atoms with Crippen LogP contribution in [0.2, 0.25) is 0 Å². The van der Waals surface area contributed by atoms with Crippen molar-refractivity contribution in [1.29, 1.82) is 0 Å². The minimum Gasteiger partial charge on any atom is -0.299 e. The van der Waals surface area contributed by atoms with Crippen molar-refractivity contribution in [3.05, 3.63) is 0 Å². The Kier molecular flexibility index (Phi) is 3.88. The molecule has 0 fully saturated rings. The number of hydrogen-bond acceptors (Lipinski definition) is 2. The smallest absolute Gasteiger partial charge is 0.299 e. The molecule has 0 aromatic carbocycles. The Hall–Kier alpha value is 0.0800. The van der Waals surface area contributed by atoms with Crippen molar-refractivity contribution >= 4 is 7.91 Å². The Balaban J connectivity index is 3.89. The zero-order chi connectivity index (χ0) is 9.99. The van der Waals surface area contributed by atoms with Crippen LogP contribution in [0.25, 0.3) is 0 Å². The molecule has 0 aromatic heterocycles. The molecule has 0 spiro atoms. The van der Waals surface area contributed by atoms with Gasteiger partial charge in [0.1, 0.15) is 0 Å². The highest BCUT2D eigenvalue weighted by molar-refractivity contribution is 7.46. The highest BCUT2D eigenvalue weighted by Crippen LogP contribution is 2.44. The molecule has 0 rings (SSSR count). The Morgan fingerprint density at radius 2 is 2.00 bits per heavy atom. The van der Waals surface area contributed by atoms with Crippen molar-refractivity contribution in [3.8, 4) is 0 Å². The lowest BCUT2D eigenvalue weighted by molar-refractivity contribution is 0.135. The monoisotopic (exact) mass is 198 g/mol. The van der Waals surface area contributed by atoms with Crippen LogP contribution in [0.1, 0.15) is 27.7 Å². The van der Waals surface area contributed by atoms with Crippen LogP contribution >= 0.6 is 7.91 Å². The van der Waals surface area contributed by atoms with Gasteiger partial charge in [0.2, 0.25) is 0 Å². The highest BCUT2D eigenvalue weighted by Gasteiger charge is 2.25. The maximum atomic E-state index is 12.0. The van der Waals surface area contributed by atoms with Crippen LogP contribution in [0.3, 0.4) is 0 Å². The van der Waals surface area contributed by atoms with E-state index in [1.54, 1.807) is 0 Å². The fraction of sp³-hybridized carbons (Fsp3) is 1.00. The summed E-state index contributed by atoms with van der Waals surface area (Å²) in [6.07, 6.45) is 0. The lowest BCUT2D eigenvalue weighted by Crippen LogP contribution is -2.21. The van der Waals surface area contributed by atoms with Crippen molar-refractivity contribution in [2.75, 3.05) is 6.61 Å². The number of rotatable bonds is 3. The molecule has 3 nitrogen and oxygen atoms in total. The Morgan fingerprint density at radius 1 is 1.58 bits per heavy atom. The van der Waals surface area contributed by atoms with Gasteiger partial charge in [-0.15, -0.1) is 4.20 Å². The van der Waals surface area contributed by atoms with E-state index in [2.05, 4.69) is 4.52 Å². The third-order valence-electron chi connectivity index (χ3n) is 1.96. The van der Waals surface area contributed by atoms with E-state index in [4.69, 9.17) is 4.89 Å². The molecule has 0 aromatic rings. The Bertz CT molecular complexity index is 182. The Labute approximate surface area is 72.6 Å². The van der Waals surface area contributed by atoms with Crippen LogP contribution in [0.5, 0.6) is 0 Å². The predicted octanol–water partition coefficient (Wildman–Crippen LogP) is 2.76. The summed E-state index contributed by atoms with van der Waals surface area (Å²) in [7, 11) is -4.79. The molecule has 0 saturated carbocycles. The summed E-state index contributed by atoms with van der Waals surface area (Å²) in [5, 5.41) is 0. The van der Waals surface area contributed by atoms with Crippen LogP contribution in [0.15, 0.2) is 0 Å². The second kappa shape index (κ2) is 3.86. The van der Waals surface area contributed by atoms with Gasteiger partial charge in [-0.1, -0.05) is 27.7 Å². The summed E-state index contributed by atoms with van der Waals surface area (Å²) in [6, 6.07) is 0. The molecule has 0 aliphatic carbocycles. The molecule has 0 bridgehead atoms. The molecule has 0 aliphatic heterocycles. The summed E-state index contributed by atoms with van der Waals surface area (Å²) in [4.78, 5) is 8.20. The first-order valence-corrected chi connectivity index (χ1v) is 5.27. The quantitative estimate of drug-likeness (QED) is 0.709. The summed E-state index contributed by atoms with van der Waals surface area (Å²) < 4.78 is 26.3. The van der Waals surface area contributed by atoms with Crippen molar-refractivity contribution in [2.24, 2.45) is 11.3 Å². The van der Waals surface area contributed by atoms with E-state index < -0.39 is 7.91 Å². The fourth-order valence-electron chi connectivity index (χ4n) is 0.454. The highest BCUT2D eigenvalue weighted by atomic mass is 31.2. The first-order valence-electron chi connectivity index (χ1n) is 3.80. The van der Waals surface area contributed by atoms with E-state index in [1.165, 1.54) is 0 Å². The zero-order valence-corrected chi connectivity index (χ0v) is 8.77. The molecular weight excluding hydrogens is 182 g/mol. The maximum absolute atomic E-state index is 12.0. The minimum absolute atomic E-state index is 0.0340. The van der Waals surface area contributed by atoms with Crippen LogP contribution in [-0.2, 0) is 9.09 Å². The van der Waals surface area contributed by atoms with Gasteiger partial charge in [0.25, 0.3) is 0 Å². The molecule has 74 valence electrons. The van der Waals surface area contributed by atoms with Gasteiger partial charge in [0.05, 0.1) is 6.61 Å². The van der Waals surface area contributed by atoms with Crippen LogP contribution in [-0.4, -0.2) is 11.5 Å². The van der Waals surface area contributed by atoms with E-state index in [9.17, 15) is 8.76 Å². The van der Waals surface area contributed by atoms with Crippen LogP contribution in [0.4, 0.5) is 4.20 Å². The second-order valence-electron chi connectivity index (χ2n) is 4.01. The molecule has 12 heavy (non-hydrogen) atoms. The summed E-state index contributed by atoms with van der Waals surface area (Å²) in [5.41, 5.74) is -0.0465. The van der Waals surface area contributed by atoms with Gasteiger partial charge >= 0.3 is 7.91 Å². The largest absolute Gasteiger partial charge is 0.510 e. The molecule has 0 amide bonds.